The summed E-state index contributed by atoms with van der Waals surface area (Å²) in [5.74, 6) is 0.756. The van der Waals surface area contributed by atoms with E-state index < -0.39 is 16.1 Å². The van der Waals surface area contributed by atoms with Crippen LogP contribution in [0.15, 0.2) is 61.2 Å². The molecule has 7 nitrogen and oxygen atoms in total. The Morgan fingerprint density at radius 2 is 1.89 bits per heavy atom. The lowest BCUT2D eigenvalue weighted by molar-refractivity contribution is -0.122. The summed E-state index contributed by atoms with van der Waals surface area (Å²) in [5.41, 5.74) is 1.09. The molecule has 0 saturated heterocycles. The van der Waals surface area contributed by atoms with Crippen LogP contribution in [-0.4, -0.2) is 40.3 Å². The fourth-order valence-electron chi connectivity index (χ4n) is 2.25. The summed E-state index contributed by atoms with van der Waals surface area (Å²) >= 11 is 0. The van der Waals surface area contributed by atoms with Gasteiger partial charge in [-0.2, -0.15) is 0 Å². The Hall–Kier alpha value is -3.00. The Balaban J connectivity index is 1.98. The van der Waals surface area contributed by atoms with E-state index in [1.54, 1.807) is 61.5 Å². The molecule has 2 rings (SSSR count). The molecule has 0 aliphatic rings. The number of hydrogen-bond acceptors (Lipinski definition) is 5. The molecule has 0 bridgehead atoms. The van der Waals surface area contributed by atoms with Gasteiger partial charge in [-0.05, 0) is 43.3 Å². The molecule has 28 heavy (non-hydrogen) atoms. The van der Waals surface area contributed by atoms with Crippen molar-refractivity contribution in [3.05, 3.63) is 61.2 Å². The average molecular weight is 404 g/mol. The molecule has 2 aromatic rings. The van der Waals surface area contributed by atoms with Gasteiger partial charge < -0.3 is 14.8 Å². The fraction of sp³-hybridized carbons (Fsp3) is 0.250. The van der Waals surface area contributed by atoms with Crippen molar-refractivity contribution in [2.24, 2.45) is 0 Å². The van der Waals surface area contributed by atoms with Gasteiger partial charge in [0, 0.05) is 18.8 Å². The maximum Gasteiger partial charge on any atom is 0.265 e. The molecule has 150 valence electrons. The maximum atomic E-state index is 12.4. The first-order valence-corrected chi connectivity index (χ1v) is 10.4. The Morgan fingerprint density at radius 3 is 2.50 bits per heavy atom. The van der Waals surface area contributed by atoms with E-state index in [0.29, 0.717) is 29.5 Å². The van der Waals surface area contributed by atoms with E-state index in [-0.39, 0.29) is 5.91 Å². The number of sulfonamides is 1. The van der Waals surface area contributed by atoms with E-state index in [1.807, 2.05) is 0 Å². The third kappa shape index (κ3) is 6.02. The number of anilines is 2. The summed E-state index contributed by atoms with van der Waals surface area (Å²) in [5, 5.41) is 2.77. The Bertz CT molecular complexity index is 926. The van der Waals surface area contributed by atoms with Crippen LogP contribution in [0.4, 0.5) is 11.4 Å². The van der Waals surface area contributed by atoms with Crippen LogP contribution in [0.25, 0.3) is 0 Å². The van der Waals surface area contributed by atoms with Crippen LogP contribution in [0.2, 0.25) is 0 Å². The van der Waals surface area contributed by atoms with Crippen molar-refractivity contribution in [1.29, 1.82) is 0 Å². The predicted molar refractivity (Wildman–Crippen MR) is 111 cm³/mol. The fourth-order valence-corrected chi connectivity index (χ4v) is 2.75. The lowest BCUT2D eigenvalue weighted by Gasteiger charge is -2.18. The number of ether oxygens (including phenoxy) is 2. The molecule has 2 aromatic carbocycles. The summed E-state index contributed by atoms with van der Waals surface area (Å²) in [6.07, 6.45) is 2.01. The van der Waals surface area contributed by atoms with Gasteiger partial charge in [0.2, 0.25) is 10.0 Å². The van der Waals surface area contributed by atoms with Crippen LogP contribution in [0, 0.1) is 0 Å². The third-order valence-corrected chi connectivity index (χ3v) is 5.06. The smallest absolute Gasteiger partial charge is 0.265 e. The van der Waals surface area contributed by atoms with E-state index in [4.69, 9.17) is 9.47 Å². The summed E-state index contributed by atoms with van der Waals surface area (Å²) < 4.78 is 35.4. The molecule has 1 atom stereocenters. The van der Waals surface area contributed by atoms with E-state index in [2.05, 4.69) is 11.9 Å². The number of rotatable bonds is 9. The Kier molecular flexibility index (Phi) is 7.06. The first-order chi connectivity index (χ1) is 13.2. The standard InChI is InChI=1S/C20H24N2O5S/c1-5-13-26-19-8-6-7-16(14-19)21-20(23)15(2)27-18-11-9-17(10-12-18)22(3)28(4,24)25/h5-12,14-15H,1,13H2,2-4H3,(H,21,23)/t15-/m1/s1. The summed E-state index contributed by atoms with van der Waals surface area (Å²) in [6.45, 7) is 5.60. The molecular formula is C20H24N2O5S. The monoisotopic (exact) mass is 404 g/mol. The zero-order valence-electron chi connectivity index (χ0n) is 16.1. The summed E-state index contributed by atoms with van der Waals surface area (Å²) in [6, 6.07) is 13.5. The first kappa shape index (κ1) is 21.3. The predicted octanol–water partition coefficient (Wildman–Crippen LogP) is 3.05. The van der Waals surface area contributed by atoms with Gasteiger partial charge in [-0.1, -0.05) is 18.7 Å². The molecule has 0 aromatic heterocycles. The summed E-state index contributed by atoms with van der Waals surface area (Å²) in [7, 11) is -1.87. The molecule has 0 saturated carbocycles. The third-order valence-electron chi connectivity index (χ3n) is 3.85. The molecule has 8 heteroatoms. The lowest BCUT2D eigenvalue weighted by atomic mass is 10.2. The number of carbonyl (C=O) groups is 1. The maximum absolute atomic E-state index is 12.4. The van der Waals surface area contributed by atoms with Crippen LogP contribution in [0.3, 0.4) is 0 Å². The average Bonchev–Trinajstić information content (AvgIpc) is 2.66. The van der Waals surface area contributed by atoms with Gasteiger partial charge in [0.25, 0.3) is 5.91 Å². The van der Waals surface area contributed by atoms with Crippen molar-refractivity contribution in [3.63, 3.8) is 0 Å². The van der Waals surface area contributed by atoms with E-state index in [1.165, 1.54) is 7.05 Å². The van der Waals surface area contributed by atoms with Crippen LogP contribution < -0.4 is 19.1 Å². The molecule has 0 aliphatic heterocycles. The number of amides is 1. The highest BCUT2D eigenvalue weighted by Gasteiger charge is 2.16. The van der Waals surface area contributed by atoms with Gasteiger partial charge in [0.15, 0.2) is 6.10 Å². The van der Waals surface area contributed by atoms with Gasteiger partial charge in [-0.25, -0.2) is 8.42 Å². The SMILES string of the molecule is C=CCOc1cccc(NC(=O)[C@@H](C)Oc2ccc(N(C)S(C)(=O)=O)cc2)c1. The van der Waals surface area contributed by atoms with Crippen LogP contribution in [0.1, 0.15) is 6.92 Å². The van der Waals surface area contributed by atoms with Crippen molar-refractivity contribution >= 4 is 27.3 Å². The Labute approximate surface area is 165 Å². The minimum atomic E-state index is -3.34. The van der Waals surface area contributed by atoms with Crippen molar-refractivity contribution in [1.82, 2.24) is 0 Å². The minimum Gasteiger partial charge on any atom is -0.489 e. The number of hydrogen-bond donors (Lipinski definition) is 1. The molecule has 0 fully saturated rings. The van der Waals surface area contributed by atoms with Gasteiger partial charge in [0.05, 0.1) is 11.9 Å². The molecule has 0 aliphatic carbocycles. The summed E-state index contributed by atoms with van der Waals surface area (Å²) in [4.78, 5) is 12.4. The quantitative estimate of drug-likeness (QED) is 0.650. The van der Waals surface area contributed by atoms with Crippen molar-refractivity contribution < 1.29 is 22.7 Å². The molecular weight excluding hydrogens is 380 g/mol. The van der Waals surface area contributed by atoms with Crippen LogP contribution >= 0.6 is 0 Å². The zero-order chi connectivity index (χ0) is 20.7. The highest BCUT2D eigenvalue weighted by Crippen LogP contribution is 2.22. The van der Waals surface area contributed by atoms with Gasteiger partial charge in [-0.15, -0.1) is 0 Å². The minimum absolute atomic E-state index is 0.321. The van der Waals surface area contributed by atoms with Crippen LogP contribution in [0.5, 0.6) is 11.5 Å². The van der Waals surface area contributed by atoms with E-state index in [0.717, 1.165) is 10.6 Å². The highest BCUT2D eigenvalue weighted by atomic mass is 32.2. The Morgan fingerprint density at radius 1 is 1.21 bits per heavy atom. The van der Waals surface area contributed by atoms with Gasteiger partial charge in [0.1, 0.15) is 18.1 Å². The highest BCUT2D eigenvalue weighted by molar-refractivity contribution is 7.92. The number of benzene rings is 2. The molecule has 1 amide bonds. The zero-order valence-corrected chi connectivity index (χ0v) is 16.9. The van der Waals surface area contributed by atoms with Crippen molar-refractivity contribution in [2.45, 2.75) is 13.0 Å². The number of nitrogens with one attached hydrogen (secondary N) is 1. The second-order valence-electron chi connectivity index (χ2n) is 6.10. The molecule has 0 radical (unpaired) electrons. The van der Waals surface area contributed by atoms with Gasteiger partial charge in [-0.3, -0.25) is 9.10 Å². The molecule has 0 spiro atoms. The lowest BCUT2D eigenvalue weighted by Crippen LogP contribution is -2.30. The molecule has 0 heterocycles. The normalized spacial score (nSPS) is 12.0. The second-order valence-corrected chi connectivity index (χ2v) is 8.11. The molecule has 1 N–H and O–H groups in total. The van der Waals surface area contributed by atoms with Crippen molar-refractivity contribution in [2.75, 3.05) is 29.5 Å². The molecule has 0 unspecified atom stereocenters. The van der Waals surface area contributed by atoms with Gasteiger partial charge >= 0.3 is 0 Å². The van der Waals surface area contributed by atoms with E-state index >= 15 is 0 Å². The number of carbonyl (C=O) groups excluding carboxylic acids is 1. The first-order valence-electron chi connectivity index (χ1n) is 8.56. The van der Waals surface area contributed by atoms with Crippen molar-refractivity contribution in [3.8, 4) is 11.5 Å². The second kappa shape index (κ2) is 9.27. The van der Waals surface area contributed by atoms with Crippen LogP contribution in [-0.2, 0) is 14.8 Å². The number of nitrogens with zero attached hydrogens (tertiary/aromatic N) is 1. The topological polar surface area (TPSA) is 84.9 Å². The van der Waals surface area contributed by atoms with E-state index in [9.17, 15) is 13.2 Å². The largest absolute Gasteiger partial charge is 0.489 e.